The van der Waals surface area contributed by atoms with Crippen LogP contribution in [0.4, 0.5) is 18.9 Å². The number of anilines is 1. The maximum atomic E-state index is 13.0. The summed E-state index contributed by atoms with van der Waals surface area (Å²) < 4.78 is 59.3. The Morgan fingerprint density at radius 2 is 1.57 bits per heavy atom. The lowest BCUT2D eigenvalue weighted by Gasteiger charge is -2.46. The highest BCUT2D eigenvalue weighted by atomic mass is 32.2. The van der Waals surface area contributed by atoms with E-state index >= 15 is 0 Å². The molecule has 2 aromatic rings. The van der Waals surface area contributed by atoms with Crippen molar-refractivity contribution in [1.29, 1.82) is 0 Å². The molecule has 35 heavy (non-hydrogen) atoms. The molecule has 1 atom stereocenters. The van der Waals surface area contributed by atoms with Gasteiger partial charge in [0.2, 0.25) is 15.9 Å². The van der Waals surface area contributed by atoms with Crippen LogP contribution in [0.15, 0.2) is 60.7 Å². The number of benzene rings is 2. The number of rotatable bonds is 4. The first-order valence-corrected chi connectivity index (χ1v) is 12.3. The van der Waals surface area contributed by atoms with Gasteiger partial charge in [-0.15, -0.1) is 0 Å². The number of amides is 1. The van der Waals surface area contributed by atoms with Gasteiger partial charge >= 0.3 is 12.1 Å². The molecular formula is C23H26F3N3O5S. The molecule has 1 unspecified atom stereocenters. The Morgan fingerprint density at radius 1 is 1.03 bits per heavy atom. The number of para-hydroxylation sites is 1. The lowest BCUT2D eigenvalue weighted by Crippen LogP contribution is -2.64. The summed E-state index contributed by atoms with van der Waals surface area (Å²) in [6.07, 6.45) is -4.37. The van der Waals surface area contributed by atoms with Gasteiger partial charge in [-0.1, -0.05) is 48.5 Å². The summed E-state index contributed by atoms with van der Waals surface area (Å²) in [6.45, 7) is 1.69. The van der Waals surface area contributed by atoms with Crippen molar-refractivity contribution >= 4 is 27.6 Å². The van der Waals surface area contributed by atoms with E-state index in [0.717, 1.165) is 11.3 Å². The molecule has 4 rings (SSSR count). The molecule has 0 bridgehead atoms. The van der Waals surface area contributed by atoms with E-state index in [9.17, 15) is 26.4 Å². The van der Waals surface area contributed by atoms with E-state index in [1.807, 2.05) is 72.6 Å². The second-order valence-electron chi connectivity index (χ2n) is 8.52. The maximum Gasteiger partial charge on any atom is 0.490 e. The molecule has 8 nitrogen and oxygen atoms in total. The first-order valence-electron chi connectivity index (χ1n) is 10.7. The first-order chi connectivity index (χ1) is 16.3. The quantitative estimate of drug-likeness (QED) is 0.675. The van der Waals surface area contributed by atoms with E-state index in [4.69, 9.17) is 9.90 Å². The number of halogens is 3. The number of hydrogen-bond donors (Lipinski definition) is 1. The second kappa shape index (κ2) is 10.3. The predicted molar refractivity (Wildman–Crippen MR) is 123 cm³/mol. The van der Waals surface area contributed by atoms with Crippen LogP contribution in [0.5, 0.6) is 0 Å². The lowest BCUT2D eigenvalue weighted by atomic mass is 9.92. The van der Waals surface area contributed by atoms with Gasteiger partial charge in [-0.3, -0.25) is 9.69 Å². The van der Waals surface area contributed by atoms with Crippen LogP contribution in [-0.2, 0) is 25.4 Å². The van der Waals surface area contributed by atoms with Gasteiger partial charge in [0, 0.05) is 25.3 Å². The Balaban J connectivity index is 0.000000429. The molecule has 2 aliphatic rings. The van der Waals surface area contributed by atoms with E-state index in [-0.39, 0.29) is 17.2 Å². The van der Waals surface area contributed by atoms with E-state index in [1.54, 1.807) is 9.21 Å². The summed E-state index contributed by atoms with van der Waals surface area (Å²) in [5, 5.41) is 7.12. The number of carboxylic acids is 1. The van der Waals surface area contributed by atoms with E-state index in [0.29, 0.717) is 32.6 Å². The number of carbonyl (C=O) groups excluding carboxylic acids is 1. The number of nitrogens with zero attached hydrogens (tertiary/aromatic N) is 3. The summed E-state index contributed by atoms with van der Waals surface area (Å²) in [4.78, 5) is 25.3. The minimum absolute atomic E-state index is 0.00889. The molecule has 0 aliphatic carbocycles. The number of hydrogen-bond acceptors (Lipinski definition) is 5. The molecule has 1 N–H and O–H groups in total. The second-order valence-corrected chi connectivity index (χ2v) is 10.5. The molecule has 2 aromatic carbocycles. The number of likely N-dealkylation sites (N-methyl/N-ethyl adjacent to an activating group) is 1. The van der Waals surface area contributed by atoms with Crippen LogP contribution in [0.3, 0.4) is 0 Å². The summed E-state index contributed by atoms with van der Waals surface area (Å²) in [6, 6.07) is 18.9. The molecule has 1 amide bonds. The Kier molecular flexibility index (Phi) is 7.87. The molecule has 190 valence electrons. The topological polar surface area (TPSA) is 98.2 Å². The minimum Gasteiger partial charge on any atom is -0.475 e. The average Bonchev–Trinajstić information content (AvgIpc) is 3.24. The molecule has 2 aliphatic heterocycles. The number of sulfonamides is 1. The molecule has 2 saturated heterocycles. The monoisotopic (exact) mass is 513 g/mol. The SMILES string of the molecule is CN1CC(=O)N(c2ccccc2)CC12CCN(S(=O)(=O)Cc1ccccc1)C2.O=C(O)C(F)(F)F. The number of aliphatic carboxylic acids is 1. The van der Waals surface area contributed by atoms with Crippen molar-refractivity contribution in [3.8, 4) is 0 Å². The summed E-state index contributed by atoms with van der Waals surface area (Å²) >= 11 is 0. The van der Waals surface area contributed by atoms with Gasteiger partial charge in [0.15, 0.2) is 0 Å². The minimum atomic E-state index is -5.08. The third-order valence-corrected chi connectivity index (χ3v) is 7.93. The summed E-state index contributed by atoms with van der Waals surface area (Å²) in [5.74, 6) is -2.70. The van der Waals surface area contributed by atoms with Crippen LogP contribution in [0.1, 0.15) is 12.0 Å². The van der Waals surface area contributed by atoms with Gasteiger partial charge in [0.25, 0.3) is 0 Å². The van der Waals surface area contributed by atoms with Crippen molar-refractivity contribution in [2.75, 3.05) is 38.1 Å². The third-order valence-electron chi connectivity index (χ3n) is 6.13. The van der Waals surface area contributed by atoms with Crippen molar-refractivity contribution in [3.05, 3.63) is 66.2 Å². The third kappa shape index (κ3) is 6.38. The fourth-order valence-corrected chi connectivity index (χ4v) is 5.78. The molecule has 0 radical (unpaired) electrons. The van der Waals surface area contributed by atoms with Gasteiger partial charge in [0.05, 0.1) is 17.8 Å². The number of piperazine rings is 1. The van der Waals surface area contributed by atoms with E-state index < -0.39 is 22.2 Å². The van der Waals surface area contributed by atoms with Crippen molar-refractivity contribution in [2.24, 2.45) is 0 Å². The van der Waals surface area contributed by atoms with Crippen molar-refractivity contribution in [2.45, 2.75) is 23.9 Å². The van der Waals surface area contributed by atoms with Crippen LogP contribution in [-0.4, -0.2) is 79.5 Å². The number of alkyl halides is 3. The van der Waals surface area contributed by atoms with Crippen LogP contribution in [0, 0.1) is 0 Å². The molecular weight excluding hydrogens is 487 g/mol. The van der Waals surface area contributed by atoms with Crippen LogP contribution >= 0.6 is 0 Å². The Bertz CT molecular complexity index is 1150. The van der Waals surface area contributed by atoms with Gasteiger partial charge in [0.1, 0.15) is 0 Å². The van der Waals surface area contributed by atoms with Crippen LogP contribution in [0.2, 0.25) is 0 Å². The maximum absolute atomic E-state index is 13.0. The highest BCUT2D eigenvalue weighted by Crippen LogP contribution is 2.35. The Morgan fingerprint density at radius 3 is 2.11 bits per heavy atom. The molecule has 0 saturated carbocycles. The average molecular weight is 514 g/mol. The fourth-order valence-electron chi connectivity index (χ4n) is 4.18. The Labute approximate surface area is 201 Å². The van der Waals surface area contributed by atoms with Gasteiger partial charge in [-0.05, 0) is 31.2 Å². The largest absolute Gasteiger partial charge is 0.490 e. The smallest absolute Gasteiger partial charge is 0.475 e. The normalized spacial score (nSPS) is 21.6. The summed E-state index contributed by atoms with van der Waals surface area (Å²) in [7, 11) is -1.48. The van der Waals surface area contributed by atoms with Gasteiger partial charge < -0.3 is 10.0 Å². The molecule has 0 aromatic heterocycles. The molecule has 12 heteroatoms. The first kappa shape index (κ1) is 26.6. The van der Waals surface area contributed by atoms with Gasteiger partial charge in [-0.25, -0.2) is 13.2 Å². The van der Waals surface area contributed by atoms with E-state index in [2.05, 4.69) is 0 Å². The fraction of sp³-hybridized carbons (Fsp3) is 0.391. The highest BCUT2D eigenvalue weighted by molar-refractivity contribution is 7.88. The summed E-state index contributed by atoms with van der Waals surface area (Å²) in [5.41, 5.74) is 1.31. The lowest BCUT2D eigenvalue weighted by molar-refractivity contribution is -0.192. The van der Waals surface area contributed by atoms with Crippen molar-refractivity contribution in [3.63, 3.8) is 0 Å². The predicted octanol–water partition coefficient (Wildman–Crippen LogP) is 2.57. The Hall–Kier alpha value is -2.96. The van der Waals surface area contributed by atoms with Crippen LogP contribution in [0.25, 0.3) is 0 Å². The zero-order chi connectivity index (χ0) is 25.9. The number of carboxylic acid groups (broad SMARTS) is 1. The highest BCUT2D eigenvalue weighted by Gasteiger charge is 2.50. The van der Waals surface area contributed by atoms with Crippen molar-refractivity contribution in [1.82, 2.24) is 9.21 Å². The molecule has 2 fully saturated rings. The van der Waals surface area contributed by atoms with Crippen molar-refractivity contribution < 1.29 is 36.3 Å². The van der Waals surface area contributed by atoms with E-state index in [1.165, 1.54) is 0 Å². The molecule has 1 spiro atoms. The number of carbonyl (C=O) groups is 2. The zero-order valence-corrected chi connectivity index (χ0v) is 19.8. The zero-order valence-electron chi connectivity index (χ0n) is 19.0. The van der Waals surface area contributed by atoms with Gasteiger partial charge in [-0.2, -0.15) is 17.5 Å². The molecule has 2 heterocycles. The standard InChI is InChI=1S/C21H25N3O3S.C2HF3O2/c1-22-14-20(25)24(19-10-6-3-7-11-19)17-21(22)12-13-23(16-21)28(26,27)15-18-8-4-2-5-9-18;3-2(4,5)1(6)7/h2-11H,12-17H2,1H3;(H,6,7). The van der Waals surface area contributed by atoms with Crippen LogP contribution < -0.4 is 4.90 Å².